The van der Waals surface area contributed by atoms with E-state index in [0.717, 1.165) is 5.92 Å². The van der Waals surface area contributed by atoms with Crippen LogP contribution in [0.4, 0.5) is 5.69 Å². The van der Waals surface area contributed by atoms with Crippen molar-refractivity contribution in [1.29, 1.82) is 0 Å². The molecule has 2 rings (SSSR count). The van der Waals surface area contributed by atoms with Crippen LogP contribution >= 0.6 is 15.9 Å². The lowest BCUT2D eigenvalue weighted by atomic mass is 9.81. The lowest BCUT2D eigenvalue weighted by molar-refractivity contribution is 0.309. The van der Waals surface area contributed by atoms with Crippen molar-refractivity contribution in [3.05, 3.63) is 27.7 Å². The average molecular weight is 268 g/mol. The van der Waals surface area contributed by atoms with E-state index in [1.165, 1.54) is 34.1 Å². The molecule has 0 radical (unpaired) electrons. The van der Waals surface area contributed by atoms with Crippen molar-refractivity contribution in [2.24, 2.45) is 5.92 Å². The van der Waals surface area contributed by atoms with E-state index in [4.69, 9.17) is 0 Å². The van der Waals surface area contributed by atoms with Crippen molar-refractivity contribution in [3.63, 3.8) is 0 Å². The molecule has 0 aromatic heterocycles. The fourth-order valence-corrected chi connectivity index (χ4v) is 3.05. The summed E-state index contributed by atoms with van der Waals surface area (Å²) in [6, 6.07) is 5.05. The van der Waals surface area contributed by atoms with Crippen LogP contribution in [0, 0.1) is 19.8 Å². The Labute approximate surface area is 100 Å². The first kappa shape index (κ1) is 11.0. The van der Waals surface area contributed by atoms with Crippen LogP contribution in [-0.4, -0.2) is 6.04 Å². The molecular formula is C13H18BrN. The fraction of sp³-hybridized carbons (Fsp3) is 0.538. The molecule has 1 aromatic carbocycles. The van der Waals surface area contributed by atoms with Gasteiger partial charge in [0.2, 0.25) is 0 Å². The minimum Gasteiger partial charge on any atom is -0.382 e. The Kier molecular flexibility index (Phi) is 3.06. The topological polar surface area (TPSA) is 12.0 Å². The first-order valence-corrected chi connectivity index (χ1v) is 6.39. The van der Waals surface area contributed by atoms with Crippen molar-refractivity contribution >= 4 is 21.6 Å². The molecule has 1 fully saturated rings. The maximum Gasteiger partial charge on any atom is 0.0402 e. The number of nitrogens with one attached hydrogen (secondary N) is 1. The summed E-state index contributed by atoms with van der Waals surface area (Å²) in [6.45, 7) is 6.66. The highest BCUT2D eigenvalue weighted by atomic mass is 79.9. The molecule has 0 heterocycles. The first-order chi connectivity index (χ1) is 7.06. The quantitative estimate of drug-likeness (QED) is 0.844. The number of hydrogen-bond donors (Lipinski definition) is 1. The molecule has 1 aliphatic rings. The molecule has 2 heteroatoms. The Morgan fingerprint density at radius 1 is 1.20 bits per heavy atom. The molecule has 0 amide bonds. The van der Waals surface area contributed by atoms with Gasteiger partial charge in [-0.05, 0) is 55.9 Å². The normalized spacial score (nSPS) is 24.8. The van der Waals surface area contributed by atoms with E-state index in [0.29, 0.717) is 6.04 Å². The van der Waals surface area contributed by atoms with Gasteiger partial charge in [-0.15, -0.1) is 0 Å². The van der Waals surface area contributed by atoms with Crippen molar-refractivity contribution in [3.8, 4) is 0 Å². The van der Waals surface area contributed by atoms with Crippen LogP contribution in [-0.2, 0) is 0 Å². The van der Waals surface area contributed by atoms with Gasteiger partial charge in [0, 0.05) is 16.2 Å². The van der Waals surface area contributed by atoms with E-state index in [1.807, 2.05) is 0 Å². The number of aryl methyl sites for hydroxylation is 2. The van der Waals surface area contributed by atoms with Crippen LogP contribution in [0.2, 0.25) is 0 Å². The Balaban J connectivity index is 2.14. The lowest BCUT2D eigenvalue weighted by Gasteiger charge is -2.35. The standard InChI is InChI=1S/C13H18BrN/c1-8-4-12(5-8)15-13-9(2)6-11(14)7-10(13)3/h6-8,12,15H,4-5H2,1-3H3. The number of hydrogen-bond acceptors (Lipinski definition) is 1. The SMILES string of the molecule is Cc1cc(Br)cc(C)c1NC1CC(C)C1. The van der Waals surface area contributed by atoms with E-state index in [2.05, 4.69) is 54.2 Å². The summed E-state index contributed by atoms with van der Waals surface area (Å²) in [4.78, 5) is 0. The first-order valence-electron chi connectivity index (χ1n) is 5.59. The molecule has 0 aliphatic heterocycles. The molecule has 1 aliphatic carbocycles. The van der Waals surface area contributed by atoms with Crippen molar-refractivity contribution in [2.45, 2.75) is 39.7 Å². The molecular weight excluding hydrogens is 250 g/mol. The van der Waals surface area contributed by atoms with Crippen LogP contribution in [0.3, 0.4) is 0 Å². The highest BCUT2D eigenvalue weighted by Gasteiger charge is 2.25. The Morgan fingerprint density at radius 2 is 1.73 bits per heavy atom. The lowest BCUT2D eigenvalue weighted by Crippen LogP contribution is -2.34. The van der Waals surface area contributed by atoms with Crippen molar-refractivity contribution in [2.75, 3.05) is 5.32 Å². The van der Waals surface area contributed by atoms with Crippen LogP contribution in [0.1, 0.15) is 30.9 Å². The molecule has 1 saturated carbocycles. The average Bonchev–Trinajstić information content (AvgIpc) is 2.07. The number of halogens is 1. The highest BCUT2D eigenvalue weighted by molar-refractivity contribution is 9.10. The third kappa shape index (κ3) is 2.36. The van der Waals surface area contributed by atoms with Gasteiger partial charge >= 0.3 is 0 Å². The Morgan fingerprint density at radius 3 is 2.20 bits per heavy atom. The van der Waals surface area contributed by atoms with Crippen LogP contribution < -0.4 is 5.32 Å². The van der Waals surface area contributed by atoms with Crippen molar-refractivity contribution < 1.29 is 0 Å². The fourth-order valence-electron chi connectivity index (χ4n) is 2.36. The van der Waals surface area contributed by atoms with Gasteiger partial charge in [0.1, 0.15) is 0 Å². The molecule has 0 saturated heterocycles. The number of benzene rings is 1. The summed E-state index contributed by atoms with van der Waals surface area (Å²) in [5.41, 5.74) is 4.00. The summed E-state index contributed by atoms with van der Waals surface area (Å²) in [6.07, 6.45) is 2.63. The molecule has 1 aromatic rings. The second kappa shape index (κ2) is 4.17. The molecule has 1 nitrogen and oxygen atoms in total. The zero-order chi connectivity index (χ0) is 11.0. The smallest absolute Gasteiger partial charge is 0.0402 e. The van der Waals surface area contributed by atoms with E-state index in [1.54, 1.807) is 0 Å². The monoisotopic (exact) mass is 267 g/mol. The van der Waals surface area contributed by atoms with Gasteiger partial charge in [0.25, 0.3) is 0 Å². The maximum absolute atomic E-state index is 3.65. The van der Waals surface area contributed by atoms with E-state index in [-0.39, 0.29) is 0 Å². The van der Waals surface area contributed by atoms with Gasteiger partial charge in [-0.25, -0.2) is 0 Å². The van der Waals surface area contributed by atoms with Crippen LogP contribution in [0.5, 0.6) is 0 Å². The second-order valence-electron chi connectivity index (χ2n) is 4.83. The number of anilines is 1. The summed E-state index contributed by atoms with van der Waals surface area (Å²) < 4.78 is 1.17. The van der Waals surface area contributed by atoms with Crippen molar-refractivity contribution in [1.82, 2.24) is 0 Å². The predicted octanol–water partition coefficient (Wildman–Crippen LogP) is 4.28. The van der Waals surface area contributed by atoms with E-state index >= 15 is 0 Å². The van der Waals surface area contributed by atoms with Gasteiger partial charge in [-0.2, -0.15) is 0 Å². The zero-order valence-electron chi connectivity index (χ0n) is 9.60. The van der Waals surface area contributed by atoms with Gasteiger partial charge < -0.3 is 5.32 Å². The Bertz CT molecular complexity index is 344. The van der Waals surface area contributed by atoms with Gasteiger partial charge in [0.05, 0.1) is 0 Å². The van der Waals surface area contributed by atoms with Gasteiger partial charge in [-0.1, -0.05) is 22.9 Å². The molecule has 1 N–H and O–H groups in total. The molecule has 82 valence electrons. The summed E-state index contributed by atoms with van der Waals surface area (Å²) >= 11 is 3.53. The number of rotatable bonds is 2. The zero-order valence-corrected chi connectivity index (χ0v) is 11.2. The van der Waals surface area contributed by atoms with Gasteiger partial charge in [0.15, 0.2) is 0 Å². The molecule has 15 heavy (non-hydrogen) atoms. The predicted molar refractivity (Wildman–Crippen MR) is 69.4 cm³/mol. The third-order valence-corrected chi connectivity index (χ3v) is 3.68. The maximum atomic E-state index is 3.65. The minimum atomic E-state index is 0.693. The summed E-state index contributed by atoms with van der Waals surface area (Å²) in [7, 11) is 0. The van der Waals surface area contributed by atoms with Gasteiger partial charge in [-0.3, -0.25) is 0 Å². The Hall–Kier alpha value is -0.500. The van der Waals surface area contributed by atoms with E-state index < -0.39 is 0 Å². The molecule has 0 unspecified atom stereocenters. The minimum absolute atomic E-state index is 0.693. The highest BCUT2D eigenvalue weighted by Crippen LogP contribution is 2.32. The molecule has 0 spiro atoms. The summed E-state index contributed by atoms with van der Waals surface area (Å²) in [5.74, 6) is 0.901. The summed E-state index contributed by atoms with van der Waals surface area (Å²) in [5, 5.41) is 3.65. The van der Waals surface area contributed by atoms with Crippen LogP contribution in [0.15, 0.2) is 16.6 Å². The second-order valence-corrected chi connectivity index (χ2v) is 5.75. The molecule has 0 atom stereocenters. The third-order valence-electron chi connectivity index (χ3n) is 3.22. The molecule has 0 bridgehead atoms. The van der Waals surface area contributed by atoms with Crippen LogP contribution in [0.25, 0.3) is 0 Å². The van der Waals surface area contributed by atoms with E-state index in [9.17, 15) is 0 Å². The largest absolute Gasteiger partial charge is 0.382 e.